The average molecular weight is 236 g/mol. The van der Waals surface area contributed by atoms with Crippen LogP contribution in [-0.4, -0.2) is 63.7 Å². The van der Waals surface area contributed by atoms with E-state index < -0.39 is 37.0 Å². The van der Waals surface area contributed by atoms with Gasteiger partial charge in [-0.05, 0) is 0 Å². The van der Waals surface area contributed by atoms with Crippen LogP contribution in [0.4, 0.5) is 0 Å². The van der Waals surface area contributed by atoms with Crippen molar-refractivity contribution in [1.82, 2.24) is 0 Å². The minimum absolute atomic E-state index is 0.00990. The van der Waals surface area contributed by atoms with E-state index in [0.717, 1.165) is 0 Å². The molecule has 0 spiro atoms. The number of hydrogen-bond acceptors (Lipinski definition) is 7. The molecule has 0 unspecified atom stereocenters. The number of carbonyl (C=O) groups is 2. The highest BCUT2D eigenvalue weighted by Crippen LogP contribution is 2.09. The van der Waals surface area contributed by atoms with Crippen molar-refractivity contribution in [1.29, 1.82) is 0 Å². The maximum Gasteiger partial charge on any atom is 0.305 e. The molecule has 0 amide bonds. The fraction of sp³-hybridized carbons (Fsp3) is 0.778. The number of hydrogen-bond donors (Lipinski definition) is 4. The zero-order valence-electron chi connectivity index (χ0n) is 8.81. The first-order valence-electron chi connectivity index (χ1n) is 4.77. The molecule has 0 radical (unpaired) electrons. The second-order valence-electron chi connectivity index (χ2n) is 3.18. The average Bonchev–Trinajstić information content (AvgIpc) is 2.32. The van der Waals surface area contributed by atoms with Gasteiger partial charge in [0.2, 0.25) is 0 Å². The Bertz CT molecular complexity index is 230. The third kappa shape index (κ3) is 4.23. The van der Waals surface area contributed by atoms with Crippen molar-refractivity contribution in [2.45, 2.75) is 37.8 Å². The fourth-order valence-electron chi connectivity index (χ4n) is 0.981. The normalized spacial score (nSPS) is 18.3. The zero-order valence-corrected chi connectivity index (χ0v) is 8.81. The first-order valence-corrected chi connectivity index (χ1v) is 4.77. The maximum absolute atomic E-state index is 11.0. The highest BCUT2D eigenvalue weighted by atomic mass is 16.6. The summed E-state index contributed by atoms with van der Waals surface area (Å²) in [6, 6.07) is 0. The third-order valence-corrected chi connectivity index (χ3v) is 1.95. The predicted molar refractivity (Wildman–Crippen MR) is 51.3 cm³/mol. The molecule has 0 aromatic rings. The lowest BCUT2D eigenvalue weighted by Gasteiger charge is -2.27. The van der Waals surface area contributed by atoms with Gasteiger partial charge in [-0.1, -0.05) is 6.92 Å². The van der Waals surface area contributed by atoms with Crippen molar-refractivity contribution in [2.75, 3.05) is 6.61 Å². The monoisotopic (exact) mass is 236 g/mol. The molecule has 0 fully saturated rings. The molecule has 0 saturated carbocycles. The molecule has 7 heteroatoms. The minimum Gasteiger partial charge on any atom is -0.456 e. The highest BCUT2D eigenvalue weighted by molar-refractivity contribution is 5.70. The van der Waals surface area contributed by atoms with Crippen LogP contribution in [-0.2, 0) is 14.3 Å². The van der Waals surface area contributed by atoms with Crippen LogP contribution >= 0.6 is 0 Å². The first-order chi connectivity index (χ1) is 7.47. The fourth-order valence-corrected chi connectivity index (χ4v) is 0.981. The molecular weight excluding hydrogens is 220 g/mol. The summed E-state index contributed by atoms with van der Waals surface area (Å²) in [5, 5.41) is 36.3. The molecule has 94 valence electrons. The Hall–Kier alpha value is -1.02. The molecule has 0 bridgehead atoms. The quantitative estimate of drug-likeness (QED) is 0.286. The SMILES string of the molecule is CCC(=O)O[C@@H]([C@H](O)[C@H](O)CO)[C@@H](O)C=O. The summed E-state index contributed by atoms with van der Waals surface area (Å²) < 4.78 is 4.60. The van der Waals surface area contributed by atoms with Crippen molar-refractivity contribution < 1.29 is 34.8 Å². The van der Waals surface area contributed by atoms with Crippen LogP contribution in [0.1, 0.15) is 13.3 Å². The van der Waals surface area contributed by atoms with E-state index in [9.17, 15) is 19.8 Å². The maximum atomic E-state index is 11.0. The summed E-state index contributed by atoms with van der Waals surface area (Å²) in [6.07, 6.45) is -6.63. The number of aldehydes is 1. The molecular formula is C9H16O7. The number of aliphatic hydroxyl groups excluding tert-OH is 4. The molecule has 0 heterocycles. The summed E-state index contributed by atoms with van der Waals surface area (Å²) in [4.78, 5) is 21.3. The molecule has 0 aromatic carbocycles. The van der Waals surface area contributed by atoms with E-state index in [4.69, 9.17) is 10.2 Å². The van der Waals surface area contributed by atoms with Gasteiger partial charge in [0.05, 0.1) is 6.61 Å². The second kappa shape index (κ2) is 7.29. The summed E-state index contributed by atoms with van der Waals surface area (Å²) >= 11 is 0. The summed E-state index contributed by atoms with van der Waals surface area (Å²) in [5.41, 5.74) is 0. The number of rotatable bonds is 7. The van der Waals surface area contributed by atoms with Crippen LogP contribution in [0, 0.1) is 0 Å². The van der Waals surface area contributed by atoms with Crippen LogP contribution in [0.25, 0.3) is 0 Å². The summed E-state index contributed by atoms with van der Waals surface area (Å²) in [7, 11) is 0. The molecule has 0 aliphatic rings. The van der Waals surface area contributed by atoms with E-state index in [1.54, 1.807) is 0 Å². The molecule has 0 rings (SSSR count). The molecule has 0 saturated heterocycles. The lowest BCUT2D eigenvalue weighted by Crippen LogP contribution is -2.48. The van der Waals surface area contributed by atoms with Gasteiger partial charge in [0.1, 0.15) is 18.3 Å². The second-order valence-corrected chi connectivity index (χ2v) is 3.18. The molecule has 0 aliphatic carbocycles. The van der Waals surface area contributed by atoms with Gasteiger partial charge < -0.3 is 30.0 Å². The number of carbonyl (C=O) groups excluding carboxylic acids is 2. The molecule has 16 heavy (non-hydrogen) atoms. The number of aliphatic hydroxyl groups is 4. The number of ether oxygens (including phenoxy) is 1. The Morgan fingerprint density at radius 1 is 1.38 bits per heavy atom. The van der Waals surface area contributed by atoms with Crippen molar-refractivity contribution in [2.24, 2.45) is 0 Å². The molecule has 4 N–H and O–H groups in total. The Kier molecular flexibility index (Phi) is 6.82. The van der Waals surface area contributed by atoms with E-state index in [1.807, 2.05) is 0 Å². The Labute approximate surface area is 92.3 Å². The lowest BCUT2D eigenvalue weighted by atomic mass is 10.0. The van der Waals surface area contributed by atoms with Gasteiger partial charge in [-0.25, -0.2) is 0 Å². The van der Waals surface area contributed by atoms with E-state index in [1.165, 1.54) is 6.92 Å². The zero-order chi connectivity index (χ0) is 12.7. The minimum atomic E-state index is -1.76. The standard InChI is InChI=1S/C9H16O7/c1-2-7(14)16-9(6(13)4-11)8(15)5(12)3-10/h4-6,8-10,12-13,15H,2-3H2,1H3/t5-,6+,8-,9-/m1/s1. The Balaban J connectivity index is 4.65. The molecule has 0 aromatic heterocycles. The Morgan fingerprint density at radius 2 is 1.94 bits per heavy atom. The predicted octanol–water partition coefficient (Wildman–Crippen LogP) is -2.42. The van der Waals surface area contributed by atoms with Gasteiger partial charge in [-0.3, -0.25) is 4.79 Å². The number of esters is 1. The topological polar surface area (TPSA) is 124 Å². The smallest absolute Gasteiger partial charge is 0.305 e. The summed E-state index contributed by atoms with van der Waals surface area (Å²) in [6.45, 7) is 0.703. The van der Waals surface area contributed by atoms with Crippen LogP contribution in [0.15, 0.2) is 0 Å². The first kappa shape index (κ1) is 15.0. The van der Waals surface area contributed by atoms with E-state index in [0.29, 0.717) is 0 Å². The van der Waals surface area contributed by atoms with Gasteiger partial charge in [0.15, 0.2) is 12.4 Å². The van der Waals surface area contributed by atoms with E-state index >= 15 is 0 Å². The molecule has 7 nitrogen and oxygen atoms in total. The van der Waals surface area contributed by atoms with Crippen LogP contribution in [0.2, 0.25) is 0 Å². The van der Waals surface area contributed by atoms with E-state index in [2.05, 4.69) is 4.74 Å². The van der Waals surface area contributed by atoms with Crippen molar-refractivity contribution in [3.8, 4) is 0 Å². The van der Waals surface area contributed by atoms with Crippen molar-refractivity contribution in [3.63, 3.8) is 0 Å². The largest absolute Gasteiger partial charge is 0.456 e. The lowest BCUT2D eigenvalue weighted by molar-refractivity contribution is -0.173. The Morgan fingerprint density at radius 3 is 2.31 bits per heavy atom. The third-order valence-electron chi connectivity index (χ3n) is 1.95. The van der Waals surface area contributed by atoms with Gasteiger partial charge in [-0.15, -0.1) is 0 Å². The molecule has 4 atom stereocenters. The van der Waals surface area contributed by atoms with Crippen LogP contribution in [0.5, 0.6) is 0 Å². The van der Waals surface area contributed by atoms with Gasteiger partial charge in [0.25, 0.3) is 0 Å². The summed E-state index contributed by atoms with van der Waals surface area (Å²) in [5.74, 6) is -0.741. The molecule has 0 aliphatic heterocycles. The van der Waals surface area contributed by atoms with Gasteiger partial charge in [0, 0.05) is 6.42 Å². The van der Waals surface area contributed by atoms with Crippen molar-refractivity contribution in [3.05, 3.63) is 0 Å². The van der Waals surface area contributed by atoms with Gasteiger partial charge >= 0.3 is 5.97 Å². The van der Waals surface area contributed by atoms with E-state index in [-0.39, 0.29) is 12.7 Å². The van der Waals surface area contributed by atoms with Gasteiger partial charge in [-0.2, -0.15) is 0 Å². The van der Waals surface area contributed by atoms with Crippen molar-refractivity contribution >= 4 is 12.3 Å². The highest BCUT2D eigenvalue weighted by Gasteiger charge is 2.34. The van der Waals surface area contributed by atoms with Crippen LogP contribution < -0.4 is 0 Å². The van der Waals surface area contributed by atoms with Crippen LogP contribution in [0.3, 0.4) is 0 Å².